The molecule has 0 amide bonds. The number of hydrogen-bond donors (Lipinski definition) is 0. The maximum Gasteiger partial charge on any atom is 0.341 e. The first-order chi connectivity index (χ1) is 8.56. The monoisotopic (exact) mass is 331 g/mol. The number of aromatic nitrogens is 1. The molecular weight excluding hydrogens is 318 g/mol. The Morgan fingerprint density at radius 2 is 2.11 bits per heavy atom. The van der Waals surface area contributed by atoms with Gasteiger partial charge in [0, 0.05) is 10.7 Å². The number of esters is 1. The van der Waals surface area contributed by atoms with Gasteiger partial charge in [0.15, 0.2) is 0 Å². The van der Waals surface area contributed by atoms with Gasteiger partial charge in [-0.25, -0.2) is 9.78 Å². The van der Waals surface area contributed by atoms with Crippen molar-refractivity contribution in [1.29, 1.82) is 0 Å². The Labute approximate surface area is 120 Å². The lowest BCUT2D eigenvalue weighted by atomic mass is 9.89. The van der Waals surface area contributed by atoms with Gasteiger partial charge in [0.1, 0.15) is 11.3 Å². The second-order valence-electron chi connectivity index (χ2n) is 4.78. The van der Waals surface area contributed by atoms with Gasteiger partial charge >= 0.3 is 5.97 Å². The number of carbonyl (C=O) groups excluding carboxylic acids is 1. The van der Waals surface area contributed by atoms with E-state index in [1.165, 1.54) is 0 Å². The summed E-state index contributed by atoms with van der Waals surface area (Å²) in [6, 6.07) is 1.64. The Hall–Kier alpha value is -0.610. The minimum atomic E-state index is -0.381. The summed E-state index contributed by atoms with van der Waals surface area (Å²) in [4.78, 5) is 15.9. The molecule has 5 heteroatoms. The molecule has 0 atom stereocenters. The van der Waals surface area contributed by atoms with Crippen molar-refractivity contribution in [3.05, 3.63) is 27.5 Å². The molecule has 0 radical (unpaired) electrons. The van der Waals surface area contributed by atoms with Gasteiger partial charge in [0.2, 0.25) is 0 Å². The molecule has 3 nitrogen and oxygen atoms in total. The first-order valence-corrected chi connectivity index (χ1v) is 7.25. The molecule has 0 saturated heterocycles. The third kappa shape index (κ3) is 3.45. The van der Waals surface area contributed by atoms with Crippen LogP contribution in [-0.2, 0) is 4.74 Å². The fraction of sp³-hybridized carbons (Fsp3) is 0.538. The molecule has 0 N–H and O–H groups in total. The van der Waals surface area contributed by atoms with Crippen molar-refractivity contribution in [2.24, 2.45) is 5.92 Å². The summed E-state index contributed by atoms with van der Waals surface area (Å²) in [5, 5.41) is 0.187. The summed E-state index contributed by atoms with van der Waals surface area (Å²) in [6.45, 7) is 2.23. The summed E-state index contributed by atoms with van der Waals surface area (Å²) in [6.07, 6.45) is 5.67. The molecule has 1 aliphatic carbocycles. The van der Waals surface area contributed by atoms with Crippen LogP contribution in [-0.4, -0.2) is 17.1 Å². The van der Waals surface area contributed by atoms with Gasteiger partial charge in [0.25, 0.3) is 0 Å². The van der Waals surface area contributed by atoms with E-state index in [2.05, 4.69) is 27.8 Å². The highest BCUT2D eigenvalue weighted by Crippen LogP contribution is 2.27. The smallest absolute Gasteiger partial charge is 0.341 e. The van der Waals surface area contributed by atoms with E-state index in [-0.39, 0.29) is 17.2 Å². The molecule has 98 valence electrons. The Bertz CT molecular complexity index is 445. The van der Waals surface area contributed by atoms with E-state index < -0.39 is 0 Å². The summed E-state index contributed by atoms with van der Waals surface area (Å²) in [5.41, 5.74) is 0.324. The minimum absolute atomic E-state index is 0.0174. The van der Waals surface area contributed by atoms with Crippen LogP contribution in [0.15, 0.2) is 16.7 Å². The first kappa shape index (κ1) is 13.8. The molecule has 0 aromatic carbocycles. The van der Waals surface area contributed by atoms with Crippen molar-refractivity contribution >= 4 is 33.5 Å². The Morgan fingerprint density at radius 3 is 2.78 bits per heavy atom. The summed E-state index contributed by atoms with van der Waals surface area (Å²) < 4.78 is 6.20. The number of nitrogens with zero attached hydrogens (tertiary/aromatic N) is 1. The minimum Gasteiger partial charge on any atom is -0.459 e. The van der Waals surface area contributed by atoms with Gasteiger partial charge < -0.3 is 4.74 Å². The molecule has 0 aliphatic heterocycles. The normalized spacial score (nSPS) is 23.7. The molecule has 0 unspecified atom stereocenters. The number of pyridine rings is 1. The average molecular weight is 333 g/mol. The van der Waals surface area contributed by atoms with Crippen molar-refractivity contribution in [1.82, 2.24) is 4.98 Å². The zero-order chi connectivity index (χ0) is 13.1. The molecule has 1 aliphatic rings. The standard InChI is InChI=1S/C13H15BrClNO2/c1-8-2-4-10(5-3-8)18-13(17)11-6-9(14)7-16-12(11)15/h6-8,10H,2-5H2,1H3. The van der Waals surface area contributed by atoms with Crippen LogP contribution in [0.4, 0.5) is 0 Å². The van der Waals surface area contributed by atoms with Crippen molar-refractivity contribution in [3.63, 3.8) is 0 Å². The lowest BCUT2D eigenvalue weighted by Crippen LogP contribution is -2.23. The largest absolute Gasteiger partial charge is 0.459 e. The van der Waals surface area contributed by atoms with E-state index in [0.717, 1.165) is 36.1 Å². The molecule has 1 aromatic heterocycles. The Kier molecular flexibility index (Phi) is 4.62. The second kappa shape index (κ2) is 6.02. The number of rotatable bonds is 2. The van der Waals surface area contributed by atoms with Gasteiger partial charge in [-0.15, -0.1) is 0 Å². The molecule has 1 heterocycles. The van der Waals surface area contributed by atoms with Crippen LogP contribution in [0.2, 0.25) is 5.15 Å². The molecule has 2 rings (SSSR count). The molecule has 1 fully saturated rings. The summed E-state index contributed by atoms with van der Waals surface area (Å²) >= 11 is 9.17. The zero-order valence-electron chi connectivity index (χ0n) is 10.2. The quantitative estimate of drug-likeness (QED) is 0.601. The number of hydrogen-bond acceptors (Lipinski definition) is 3. The van der Waals surface area contributed by atoms with Crippen molar-refractivity contribution in [3.8, 4) is 0 Å². The van der Waals surface area contributed by atoms with Gasteiger partial charge in [-0.2, -0.15) is 0 Å². The van der Waals surface area contributed by atoms with Crippen LogP contribution in [0.1, 0.15) is 43.0 Å². The predicted octanol–water partition coefficient (Wildman–Crippen LogP) is 4.23. The number of carbonyl (C=O) groups is 1. The highest BCUT2D eigenvalue weighted by molar-refractivity contribution is 9.10. The lowest BCUT2D eigenvalue weighted by molar-refractivity contribution is 0.0173. The molecule has 1 saturated carbocycles. The molecule has 0 spiro atoms. The SMILES string of the molecule is CC1CCC(OC(=O)c2cc(Br)cnc2Cl)CC1. The van der Waals surface area contributed by atoms with Crippen molar-refractivity contribution < 1.29 is 9.53 Å². The zero-order valence-corrected chi connectivity index (χ0v) is 12.5. The maximum absolute atomic E-state index is 12.0. The third-order valence-corrected chi connectivity index (χ3v) is 4.00. The van der Waals surface area contributed by atoms with Crippen LogP contribution in [0.3, 0.4) is 0 Å². The summed E-state index contributed by atoms with van der Waals surface area (Å²) in [7, 11) is 0. The average Bonchev–Trinajstić information content (AvgIpc) is 2.35. The van der Waals surface area contributed by atoms with Gasteiger partial charge in [-0.05, 0) is 53.6 Å². The van der Waals surface area contributed by atoms with Crippen molar-refractivity contribution in [2.75, 3.05) is 0 Å². The van der Waals surface area contributed by atoms with E-state index in [4.69, 9.17) is 16.3 Å². The second-order valence-corrected chi connectivity index (χ2v) is 6.05. The fourth-order valence-corrected chi connectivity index (χ4v) is 2.64. The van der Waals surface area contributed by atoms with Crippen LogP contribution in [0, 0.1) is 5.92 Å². The van der Waals surface area contributed by atoms with E-state index in [1.807, 2.05) is 0 Å². The third-order valence-electron chi connectivity index (χ3n) is 3.26. The van der Waals surface area contributed by atoms with Crippen LogP contribution < -0.4 is 0 Å². The summed E-state index contributed by atoms with van der Waals surface area (Å²) in [5.74, 6) is 0.351. The molecule has 18 heavy (non-hydrogen) atoms. The maximum atomic E-state index is 12.0. The Balaban J connectivity index is 2.01. The van der Waals surface area contributed by atoms with E-state index in [9.17, 15) is 4.79 Å². The van der Waals surface area contributed by atoms with Gasteiger partial charge in [-0.3, -0.25) is 0 Å². The van der Waals surface area contributed by atoms with E-state index in [1.54, 1.807) is 12.3 Å². The fourth-order valence-electron chi connectivity index (χ4n) is 2.13. The van der Waals surface area contributed by atoms with Gasteiger partial charge in [-0.1, -0.05) is 18.5 Å². The van der Waals surface area contributed by atoms with E-state index >= 15 is 0 Å². The highest BCUT2D eigenvalue weighted by Gasteiger charge is 2.23. The molecule has 0 bridgehead atoms. The van der Waals surface area contributed by atoms with E-state index in [0.29, 0.717) is 5.56 Å². The van der Waals surface area contributed by atoms with Crippen LogP contribution in [0.5, 0.6) is 0 Å². The van der Waals surface area contributed by atoms with Crippen LogP contribution >= 0.6 is 27.5 Å². The first-order valence-electron chi connectivity index (χ1n) is 6.08. The molecular formula is C13H15BrClNO2. The van der Waals surface area contributed by atoms with Crippen LogP contribution in [0.25, 0.3) is 0 Å². The van der Waals surface area contributed by atoms with Crippen molar-refractivity contribution in [2.45, 2.75) is 38.7 Å². The highest BCUT2D eigenvalue weighted by atomic mass is 79.9. The lowest BCUT2D eigenvalue weighted by Gasteiger charge is -2.26. The number of ether oxygens (including phenoxy) is 1. The molecule has 1 aromatic rings. The number of halogens is 2. The predicted molar refractivity (Wildman–Crippen MR) is 73.8 cm³/mol. The Morgan fingerprint density at radius 1 is 1.44 bits per heavy atom. The van der Waals surface area contributed by atoms with Gasteiger partial charge in [0.05, 0.1) is 5.56 Å². The topological polar surface area (TPSA) is 39.2 Å².